The summed E-state index contributed by atoms with van der Waals surface area (Å²) >= 11 is 0. The van der Waals surface area contributed by atoms with Gasteiger partial charge in [-0.05, 0) is 12.8 Å². The zero-order chi connectivity index (χ0) is 13.0. The van der Waals surface area contributed by atoms with E-state index in [4.69, 9.17) is 5.21 Å². The number of nitrogens with zero attached hydrogens (tertiary/aromatic N) is 3. The molecule has 0 atom stereocenters. The molecule has 0 aromatic carbocycles. The van der Waals surface area contributed by atoms with E-state index in [0.29, 0.717) is 44.7 Å². The molecule has 2 rings (SSSR count). The molecular weight excluding hydrogens is 254 g/mol. The van der Waals surface area contributed by atoms with Gasteiger partial charge in [0.1, 0.15) is 0 Å². The minimum Gasteiger partial charge on any atom is -0.411 e. The highest BCUT2D eigenvalue weighted by Gasteiger charge is 2.32. The molecule has 0 aromatic heterocycles. The van der Waals surface area contributed by atoms with Crippen LogP contribution >= 0.6 is 0 Å². The van der Waals surface area contributed by atoms with Gasteiger partial charge >= 0.3 is 0 Å². The van der Waals surface area contributed by atoms with Gasteiger partial charge in [-0.15, -0.1) is 0 Å². The molecular formula is C11H21N3O3S. The van der Waals surface area contributed by atoms with Crippen molar-refractivity contribution < 1.29 is 13.6 Å². The van der Waals surface area contributed by atoms with Crippen molar-refractivity contribution in [3.05, 3.63) is 0 Å². The lowest BCUT2D eigenvalue weighted by Crippen LogP contribution is -2.47. The smallest absolute Gasteiger partial charge is 0.281 e. The quantitative estimate of drug-likeness (QED) is 0.604. The van der Waals surface area contributed by atoms with Crippen molar-refractivity contribution in [1.82, 2.24) is 8.61 Å². The number of oxime groups is 1. The van der Waals surface area contributed by atoms with Crippen LogP contribution in [0.3, 0.4) is 0 Å². The van der Waals surface area contributed by atoms with Crippen LogP contribution in [-0.4, -0.2) is 54.1 Å². The summed E-state index contributed by atoms with van der Waals surface area (Å²) in [7, 11) is -3.31. The van der Waals surface area contributed by atoms with Gasteiger partial charge in [-0.2, -0.15) is 17.0 Å². The Kier molecular flexibility index (Phi) is 4.58. The van der Waals surface area contributed by atoms with Crippen LogP contribution in [0.4, 0.5) is 0 Å². The van der Waals surface area contributed by atoms with E-state index in [-0.39, 0.29) is 0 Å². The Labute approximate surface area is 108 Å². The van der Waals surface area contributed by atoms with E-state index >= 15 is 0 Å². The summed E-state index contributed by atoms with van der Waals surface area (Å²) in [6.45, 7) is 2.13. The largest absolute Gasteiger partial charge is 0.411 e. The highest BCUT2D eigenvalue weighted by Crippen LogP contribution is 2.19. The molecule has 2 aliphatic heterocycles. The Morgan fingerprint density at radius 3 is 1.89 bits per heavy atom. The molecule has 0 amide bonds. The topological polar surface area (TPSA) is 73.2 Å². The van der Waals surface area contributed by atoms with Gasteiger partial charge in [-0.1, -0.05) is 18.0 Å². The van der Waals surface area contributed by atoms with E-state index in [2.05, 4.69) is 5.16 Å². The van der Waals surface area contributed by atoms with Crippen LogP contribution in [0.25, 0.3) is 0 Å². The van der Waals surface area contributed by atoms with Crippen molar-refractivity contribution in [2.75, 3.05) is 26.2 Å². The molecule has 0 saturated carbocycles. The molecule has 0 spiro atoms. The van der Waals surface area contributed by atoms with E-state index < -0.39 is 10.2 Å². The summed E-state index contributed by atoms with van der Waals surface area (Å²) in [4.78, 5) is 0. The highest BCUT2D eigenvalue weighted by atomic mass is 32.2. The van der Waals surface area contributed by atoms with Gasteiger partial charge in [-0.3, -0.25) is 0 Å². The Bertz CT molecular complexity index is 390. The highest BCUT2D eigenvalue weighted by molar-refractivity contribution is 7.86. The Morgan fingerprint density at radius 1 is 0.889 bits per heavy atom. The van der Waals surface area contributed by atoms with Crippen molar-refractivity contribution in [2.24, 2.45) is 5.16 Å². The maximum Gasteiger partial charge on any atom is 0.281 e. The van der Waals surface area contributed by atoms with E-state index in [1.54, 1.807) is 4.31 Å². The lowest BCUT2D eigenvalue weighted by molar-refractivity contribution is 0.304. The summed E-state index contributed by atoms with van der Waals surface area (Å²) in [5.74, 6) is 0. The van der Waals surface area contributed by atoms with Crippen LogP contribution in [0, 0.1) is 0 Å². The summed E-state index contributed by atoms with van der Waals surface area (Å²) in [6.07, 6.45) is 5.21. The van der Waals surface area contributed by atoms with Gasteiger partial charge in [0.15, 0.2) is 0 Å². The first-order valence-corrected chi connectivity index (χ1v) is 7.99. The summed E-state index contributed by atoms with van der Waals surface area (Å²) in [6, 6.07) is 0. The molecule has 6 nitrogen and oxygen atoms in total. The molecule has 1 N–H and O–H groups in total. The molecule has 0 aromatic rings. The number of piperidine rings is 1. The monoisotopic (exact) mass is 275 g/mol. The fraction of sp³-hybridized carbons (Fsp3) is 0.909. The maximum absolute atomic E-state index is 12.4. The van der Waals surface area contributed by atoms with Gasteiger partial charge in [0.25, 0.3) is 10.2 Å². The van der Waals surface area contributed by atoms with E-state index in [0.717, 1.165) is 25.7 Å². The third kappa shape index (κ3) is 3.02. The standard InChI is InChI=1S/C11H21N3O3S/c15-12-11-5-9-14(10-6-11)18(16,17)13-7-3-1-2-4-8-13/h15H,1-10H2. The van der Waals surface area contributed by atoms with Gasteiger partial charge in [0, 0.05) is 39.0 Å². The molecule has 0 bridgehead atoms. The molecule has 2 fully saturated rings. The molecule has 0 aliphatic carbocycles. The first-order chi connectivity index (χ1) is 8.64. The minimum absolute atomic E-state index is 0.429. The lowest BCUT2D eigenvalue weighted by Gasteiger charge is -2.31. The van der Waals surface area contributed by atoms with E-state index in [1.807, 2.05) is 0 Å². The van der Waals surface area contributed by atoms with Crippen molar-refractivity contribution >= 4 is 15.9 Å². The third-order valence-electron chi connectivity index (χ3n) is 3.66. The first-order valence-electron chi connectivity index (χ1n) is 6.59. The molecule has 2 aliphatic rings. The Morgan fingerprint density at radius 2 is 1.39 bits per heavy atom. The van der Waals surface area contributed by atoms with E-state index in [9.17, 15) is 8.42 Å². The molecule has 0 radical (unpaired) electrons. The predicted molar refractivity (Wildman–Crippen MR) is 69.0 cm³/mol. The zero-order valence-corrected chi connectivity index (χ0v) is 11.4. The average molecular weight is 275 g/mol. The minimum atomic E-state index is -3.31. The van der Waals surface area contributed by atoms with Crippen LogP contribution in [0.1, 0.15) is 38.5 Å². The normalized spacial score (nSPS) is 24.8. The van der Waals surface area contributed by atoms with Crippen molar-refractivity contribution in [1.29, 1.82) is 0 Å². The van der Waals surface area contributed by atoms with Gasteiger partial charge in [-0.25, -0.2) is 0 Å². The van der Waals surface area contributed by atoms with Crippen molar-refractivity contribution in [2.45, 2.75) is 38.5 Å². The SMILES string of the molecule is O=S(=O)(N1CCCCCC1)N1CCC(=NO)CC1. The van der Waals surface area contributed by atoms with E-state index in [1.165, 1.54) is 4.31 Å². The van der Waals surface area contributed by atoms with Gasteiger partial charge in [0.05, 0.1) is 5.71 Å². The average Bonchev–Trinajstić information content (AvgIpc) is 2.68. The lowest BCUT2D eigenvalue weighted by atomic mass is 10.1. The van der Waals surface area contributed by atoms with Crippen molar-refractivity contribution in [3.8, 4) is 0 Å². The van der Waals surface area contributed by atoms with Crippen LogP contribution < -0.4 is 0 Å². The third-order valence-corrected chi connectivity index (χ3v) is 5.69. The predicted octanol–water partition coefficient (Wildman–Crippen LogP) is 1.03. The second kappa shape index (κ2) is 5.99. The fourth-order valence-corrected chi connectivity index (χ4v) is 4.20. The number of hydrogen-bond acceptors (Lipinski definition) is 4. The number of hydrogen-bond donors (Lipinski definition) is 1. The Balaban J connectivity index is 2.02. The Hall–Kier alpha value is -0.660. The van der Waals surface area contributed by atoms with Crippen LogP contribution in [0.5, 0.6) is 0 Å². The summed E-state index contributed by atoms with van der Waals surface area (Å²) < 4.78 is 28.0. The van der Waals surface area contributed by atoms with Crippen LogP contribution in [-0.2, 0) is 10.2 Å². The van der Waals surface area contributed by atoms with Crippen LogP contribution in [0.15, 0.2) is 5.16 Å². The van der Waals surface area contributed by atoms with Gasteiger partial charge in [0.2, 0.25) is 0 Å². The molecule has 2 heterocycles. The molecule has 104 valence electrons. The van der Waals surface area contributed by atoms with Crippen molar-refractivity contribution in [3.63, 3.8) is 0 Å². The van der Waals surface area contributed by atoms with Gasteiger partial charge < -0.3 is 5.21 Å². The summed E-state index contributed by atoms with van der Waals surface area (Å²) in [5, 5.41) is 11.8. The number of rotatable bonds is 2. The first kappa shape index (κ1) is 13.8. The second-order valence-corrected chi connectivity index (χ2v) is 6.81. The maximum atomic E-state index is 12.4. The molecule has 0 unspecified atom stereocenters. The molecule has 2 saturated heterocycles. The fourth-order valence-electron chi connectivity index (χ4n) is 2.51. The zero-order valence-electron chi connectivity index (χ0n) is 10.6. The summed E-state index contributed by atoms with van der Waals surface area (Å²) in [5.41, 5.74) is 0.692. The molecule has 7 heteroatoms. The second-order valence-electron chi connectivity index (χ2n) is 4.89. The van der Waals surface area contributed by atoms with Crippen LogP contribution in [0.2, 0.25) is 0 Å². The molecule has 18 heavy (non-hydrogen) atoms.